The number of nitrogens with two attached hydrogens (primary N) is 1. The second kappa shape index (κ2) is 4.90. The molecular weight excluding hydrogens is 250 g/mol. The Morgan fingerprint density at radius 2 is 2.11 bits per heavy atom. The topological polar surface area (TPSA) is 63.9 Å². The molecule has 0 saturated carbocycles. The molecule has 0 saturated heterocycles. The molecule has 0 aliphatic heterocycles. The number of hydrogen-bond acceptors (Lipinski definition) is 3. The number of ether oxygens (including phenoxy) is 1. The Kier molecular flexibility index (Phi) is 3.48. The van der Waals surface area contributed by atoms with E-state index in [4.69, 9.17) is 22.1 Å². The molecular formula is C13H16ClN3O. The summed E-state index contributed by atoms with van der Waals surface area (Å²) in [5.74, 6) is 1.47. The highest BCUT2D eigenvalue weighted by molar-refractivity contribution is 6.31. The number of benzene rings is 1. The summed E-state index contributed by atoms with van der Waals surface area (Å²) in [6, 6.07) is 5.46. The molecule has 1 aromatic heterocycles. The normalized spacial score (nSPS) is 10.9. The molecule has 0 radical (unpaired) electrons. The third kappa shape index (κ3) is 2.16. The summed E-state index contributed by atoms with van der Waals surface area (Å²) in [6.45, 7) is 4.15. The first-order valence-electron chi connectivity index (χ1n) is 5.72. The van der Waals surface area contributed by atoms with Crippen LogP contribution >= 0.6 is 11.6 Å². The summed E-state index contributed by atoms with van der Waals surface area (Å²) >= 11 is 6.05. The number of nitrogen functional groups attached to an aromatic ring is 1. The first-order valence-corrected chi connectivity index (χ1v) is 6.10. The van der Waals surface area contributed by atoms with E-state index in [2.05, 4.69) is 24.0 Å². The van der Waals surface area contributed by atoms with Crippen molar-refractivity contribution in [1.82, 2.24) is 10.2 Å². The zero-order chi connectivity index (χ0) is 13.3. The SMILES string of the molecule is COc1ccc(Cl)cc1-c1c(N)n[nH]c1C(C)C. The number of H-pyrrole nitrogens is 1. The lowest BCUT2D eigenvalue weighted by molar-refractivity contribution is 0.416. The summed E-state index contributed by atoms with van der Waals surface area (Å²) in [6.07, 6.45) is 0. The van der Waals surface area contributed by atoms with Crippen LogP contribution in [0.1, 0.15) is 25.5 Å². The third-order valence-corrected chi connectivity index (χ3v) is 3.07. The number of anilines is 1. The standard InChI is InChI=1S/C13H16ClN3O/c1-7(2)12-11(13(15)17-16-12)9-6-8(14)4-5-10(9)18-3/h4-7H,1-3H3,(H3,15,16,17). The highest BCUT2D eigenvalue weighted by Crippen LogP contribution is 2.39. The third-order valence-electron chi connectivity index (χ3n) is 2.83. The Morgan fingerprint density at radius 1 is 1.39 bits per heavy atom. The highest BCUT2D eigenvalue weighted by atomic mass is 35.5. The van der Waals surface area contributed by atoms with E-state index in [0.29, 0.717) is 10.8 Å². The highest BCUT2D eigenvalue weighted by Gasteiger charge is 2.19. The predicted octanol–water partition coefficient (Wildman–Crippen LogP) is 3.44. The van der Waals surface area contributed by atoms with E-state index in [0.717, 1.165) is 22.6 Å². The minimum atomic E-state index is 0.286. The van der Waals surface area contributed by atoms with Crippen molar-refractivity contribution >= 4 is 17.4 Å². The molecule has 4 nitrogen and oxygen atoms in total. The van der Waals surface area contributed by atoms with Gasteiger partial charge in [-0.3, -0.25) is 5.10 Å². The summed E-state index contributed by atoms with van der Waals surface area (Å²) in [5, 5.41) is 7.68. The van der Waals surface area contributed by atoms with Gasteiger partial charge >= 0.3 is 0 Å². The maximum Gasteiger partial charge on any atom is 0.153 e. The van der Waals surface area contributed by atoms with Crippen molar-refractivity contribution in [3.05, 3.63) is 28.9 Å². The minimum absolute atomic E-state index is 0.286. The van der Waals surface area contributed by atoms with Gasteiger partial charge in [-0.25, -0.2) is 0 Å². The Labute approximate surface area is 111 Å². The number of aromatic amines is 1. The maximum absolute atomic E-state index is 6.05. The summed E-state index contributed by atoms with van der Waals surface area (Å²) in [4.78, 5) is 0. The zero-order valence-corrected chi connectivity index (χ0v) is 11.4. The van der Waals surface area contributed by atoms with Crippen molar-refractivity contribution in [2.24, 2.45) is 0 Å². The van der Waals surface area contributed by atoms with Crippen LogP contribution in [0.3, 0.4) is 0 Å². The van der Waals surface area contributed by atoms with Crippen molar-refractivity contribution in [3.63, 3.8) is 0 Å². The average Bonchev–Trinajstić information content (AvgIpc) is 2.71. The van der Waals surface area contributed by atoms with E-state index in [1.165, 1.54) is 0 Å². The van der Waals surface area contributed by atoms with Gasteiger partial charge in [-0.05, 0) is 24.1 Å². The van der Waals surface area contributed by atoms with Gasteiger partial charge in [-0.1, -0.05) is 25.4 Å². The molecule has 0 amide bonds. The van der Waals surface area contributed by atoms with Crippen molar-refractivity contribution in [2.45, 2.75) is 19.8 Å². The van der Waals surface area contributed by atoms with Crippen molar-refractivity contribution in [3.8, 4) is 16.9 Å². The van der Waals surface area contributed by atoms with Gasteiger partial charge in [0.2, 0.25) is 0 Å². The van der Waals surface area contributed by atoms with Crippen LogP contribution in [0.2, 0.25) is 5.02 Å². The molecule has 0 bridgehead atoms. The first-order chi connectivity index (χ1) is 8.54. The van der Waals surface area contributed by atoms with E-state index < -0.39 is 0 Å². The molecule has 0 atom stereocenters. The maximum atomic E-state index is 6.05. The van der Waals surface area contributed by atoms with Crippen molar-refractivity contribution in [2.75, 3.05) is 12.8 Å². The minimum Gasteiger partial charge on any atom is -0.496 e. The fourth-order valence-electron chi connectivity index (χ4n) is 1.95. The number of aromatic nitrogens is 2. The molecule has 0 aliphatic rings. The summed E-state index contributed by atoms with van der Waals surface area (Å²) in [5.41, 5.74) is 8.65. The van der Waals surface area contributed by atoms with Gasteiger partial charge in [0.1, 0.15) is 5.75 Å². The quantitative estimate of drug-likeness (QED) is 0.893. The number of methoxy groups -OCH3 is 1. The molecule has 3 N–H and O–H groups in total. The molecule has 0 aliphatic carbocycles. The molecule has 1 aromatic carbocycles. The largest absolute Gasteiger partial charge is 0.496 e. The van der Waals surface area contributed by atoms with Crippen LogP contribution in [0, 0.1) is 0 Å². The lowest BCUT2D eigenvalue weighted by Crippen LogP contribution is -1.95. The summed E-state index contributed by atoms with van der Waals surface area (Å²) < 4.78 is 5.36. The number of rotatable bonds is 3. The van der Waals surface area contributed by atoms with Crippen LogP contribution < -0.4 is 10.5 Å². The fraction of sp³-hybridized carbons (Fsp3) is 0.308. The fourth-order valence-corrected chi connectivity index (χ4v) is 2.12. The van der Waals surface area contributed by atoms with Gasteiger partial charge in [0, 0.05) is 16.3 Å². The number of nitrogens with zero attached hydrogens (tertiary/aromatic N) is 1. The van der Waals surface area contributed by atoms with Crippen LogP contribution in [-0.2, 0) is 0 Å². The van der Waals surface area contributed by atoms with Gasteiger partial charge in [-0.2, -0.15) is 5.10 Å². The van der Waals surface area contributed by atoms with E-state index >= 15 is 0 Å². The number of hydrogen-bond donors (Lipinski definition) is 2. The van der Waals surface area contributed by atoms with Gasteiger partial charge in [-0.15, -0.1) is 0 Å². The van der Waals surface area contributed by atoms with Crippen molar-refractivity contribution in [1.29, 1.82) is 0 Å². The molecule has 0 fully saturated rings. The summed E-state index contributed by atoms with van der Waals surface area (Å²) in [7, 11) is 1.62. The average molecular weight is 266 g/mol. The van der Waals surface area contributed by atoms with Crippen molar-refractivity contribution < 1.29 is 4.74 Å². The first kappa shape index (κ1) is 12.8. The van der Waals surface area contributed by atoms with Gasteiger partial charge < -0.3 is 10.5 Å². The van der Waals surface area contributed by atoms with Crippen LogP contribution in [0.25, 0.3) is 11.1 Å². The number of nitrogens with one attached hydrogen (secondary N) is 1. The smallest absolute Gasteiger partial charge is 0.153 e. The van der Waals surface area contributed by atoms with E-state index in [1.54, 1.807) is 13.2 Å². The molecule has 1 heterocycles. The Morgan fingerprint density at radius 3 is 2.72 bits per heavy atom. The Bertz CT molecular complexity index is 563. The monoisotopic (exact) mass is 265 g/mol. The molecule has 2 rings (SSSR count). The lowest BCUT2D eigenvalue weighted by atomic mass is 9.98. The van der Waals surface area contributed by atoms with Crippen LogP contribution in [0.5, 0.6) is 5.75 Å². The molecule has 0 spiro atoms. The molecule has 18 heavy (non-hydrogen) atoms. The molecule has 2 aromatic rings. The molecule has 96 valence electrons. The Balaban J connectivity index is 2.68. The molecule has 0 unspecified atom stereocenters. The Hall–Kier alpha value is -1.68. The van der Waals surface area contributed by atoms with Crippen LogP contribution in [0.4, 0.5) is 5.82 Å². The van der Waals surface area contributed by atoms with Gasteiger partial charge in [0.15, 0.2) is 5.82 Å². The van der Waals surface area contributed by atoms with E-state index in [9.17, 15) is 0 Å². The second-order valence-corrected chi connectivity index (χ2v) is 4.83. The van der Waals surface area contributed by atoms with Gasteiger partial charge in [0.25, 0.3) is 0 Å². The zero-order valence-electron chi connectivity index (χ0n) is 10.6. The van der Waals surface area contributed by atoms with Crippen LogP contribution in [0.15, 0.2) is 18.2 Å². The predicted molar refractivity (Wildman–Crippen MR) is 74.1 cm³/mol. The lowest BCUT2D eigenvalue weighted by Gasteiger charge is -2.11. The molecule has 5 heteroatoms. The number of halogens is 1. The second-order valence-electron chi connectivity index (χ2n) is 4.40. The van der Waals surface area contributed by atoms with E-state index in [1.807, 2.05) is 12.1 Å². The van der Waals surface area contributed by atoms with Crippen LogP contribution in [-0.4, -0.2) is 17.3 Å². The van der Waals surface area contributed by atoms with Gasteiger partial charge in [0.05, 0.1) is 12.7 Å². The van der Waals surface area contributed by atoms with E-state index in [-0.39, 0.29) is 5.92 Å².